The first-order valence-corrected chi connectivity index (χ1v) is 3.72. The Labute approximate surface area is 74.4 Å². The summed E-state index contributed by atoms with van der Waals surface area (Å²) < 4.78 is 1.79. The second kappa shape index (κ2) is 3.08. The summed E-state index contributed by atoms with van der Waals surface area (Å²) in [6.45, 7) is 0. The van der Waals surface area contributed by atoms with Crippen molar-refractivity contribution in [1.29, 1.82) is 0 Å². The van der Waals surface area contributed by atoms with Gasteiger partial charge in [0.2, 0.25) is 0 Å². The highest BCUT2D eigenvalue weighted by Gasteiger charge is 1.98. The molecule has 3 N–H and O–H groups in total. The van der Waals surface area contributed by atoms with Gasteiger partial charge >= 0.3 is 5.69 Å². The Morgan fingerprint density at radius 3 is 2.75 bits per heavy atom. The number of nitrogens with one attached hydrogen (secondary N) is 1. The Balaban J connectivity index is 3.42. The Kier molecular flexibility index (Phi) is 2.30. The molecule has 0 fully saturated rings. The van der Waals surface area contributed by atoms with Crippen molar-refractivity contribution in [1.82, 2.24) is 9.55 Å². The summed E-state index contributed by atoms with van der Waals surface area (Å²) in [6.07, 6.45) is 0. The lowest BCUT2D eigenvalue weighted by molar-refractivity contribution is 0.785. The predicted octanol–water partition coefficient (Wildman–Crippen LogP) is -0.247. The molecule has 0 amide bonds. The summed E-state index contributed by atoms with van der Waals surface area (Å²) >= 11 is 4.91. The summed E-state index contributed by atoms with van der Waals surface area (Å²) in [5.41, 5.74) is -0.269. The van der Waals surface area contributed by atoms with E-state index in [1.807, 2.05) is 0 Å². The van der Waals surface area contributed by atoms with Crippen molar-refractivity contribution in [3.05, 3.63) is 21.2 Å². The first-order chi connectivity index (χ1) is 5.52. The standard InChI is InChI=1S/C6H10N4OS/c1-9-5(12)3-4(10(2)7)8-6(9)11/h3H,7H2,1-2H3,(H,8,11). The summed E-state index contributed by atoms with van der Waals surface area (Å²) in [4.78, 5) is 13.7. The predicted molar refractivity (Wildman–Crippen MR) is 49.5 cm³/mol. The van der Waals surface area contributed by atoms with Gasteiger partial charge in [-0.15, -0.1) is 0 Å². The van der Waals surface area contributed by atoms with Crippen molar-refractivity contribution in [2.24, 2.45) is 12.9 Å². The fourth-order valence-electron chi connectivity index (χ4n) is 0.733. The summed E-state index contributed by atoms with van der Waals surface area (Å²) in [5.74, 6) is 5.91. The van der Waals surface area contributed by atoms with Gasteiger partial charge in [-0.05, 0) is 0 Å². The van der Waals surface area contributed by atoms with Gasteiger partial charge in [-0.3, -0.25) is 14.6 Å². The van der Waals surface area contributed by atoms with Crippen LogP contribution < -0.4 is 16.5 Å². The van der Waals surface area contributed by atoms with Gasteiger partial charge in [-0.2, -0.15) is 0 Å². The van der Waals surface area contributed by atoms with E-state index in [4.69, 9.17) is 18.1 Å². The molecule has 0 aliphatic carbocycles. The number of nitrogens with two attached hydrogens (primary N) is 1. The van der Waals surface area contributed by atoms with Gasteiger partial charge in [0.15, 0.2) is 0 Å². The molecular formula is C6H10N4OS. The topological polar surface area (TPSA) is 67.0 Å². The normalized spacial score (nSPS) is 9.92. The second-order valence-corrected chi connectivity index (χ2v) is 2.89. The molecule has 0 unspecified atom stereocenters. The number of H-pyrrole nitrogens is 1. The van der Waals surface area contributed by atoms with Crippen molar-refractivity contribution >= 4 is 18.0 Å². The average molecular weight is 186 g/mol. The third-order valence-corrected chi connectivity index (χ3v) is 1.90. The van der Waals surface area contributed by atoms with E-state index in [1.54, 1.807) is 20.2 Å². The van der Waals surface area contributed by atoms with Gasteiger partial charge < -0.3 is 0 Å². The molecule has 6 heteroatoms. The fourth-order valence-corrected chi connectivity index (χ4v) is 0.928. The number of hydrogen-bond donors (Lipinski definition) is 2. The molecular weight excluding hydrogens is 176 g/mol. The number of rotatable bonds is 1. The number of hydrazine groups is 1. The molecule has 0 atom stereocenters. The van der Waals surface area contributed by atoms with Crippen LogP contribution in [0.1, 0.15) is 0 Å². The molecule has 1 heterocycles. The summed E-state index contributed by atoms with van der Waals surface area (Å²) in [6, 6.07) is 1.62. The molecule has 0 saturated carbocycles. The highest BCUT2D eigenvalue weighted by atomic mass is 32.1. The van der Waals surface area contributed by atoms with Crippen LogP contribution in [0.2, 0.25) is 0 Å². The Morgan fingerprint density at radius 2 is 2.33 bits per heavy atom. The van der Waals surface area contributed by atoms with E-state index in [1.165, 1.54) is 9.58 Å². The molecule has 0 aliphatic heterocycles. The maximum atomic E-state index is 11.1. The van der Waals surface area contributed by atoms with Gasteiger partial charge in [0.1, 0.15) is 10.5 Å². The monoisotopic (exact) mass is 186 g/mol. The van der Waals surface area contributed by atoms with Crippen molar-refractivity contribution < 1.29 is 0 Å². The Morgan fingerprint density at radius 1 is 1.75 bits per heavy atom. The van der Waals surface area contributed by atoms with Crippen molar-refractivity contribution in [2.45, 2.75) is 0 Å². The third kappa shape index (κ3) is 1.54. The zero-order valence-corrected chi connectivity index (χ0v) is 7.68. The molecule has 0 aromatic carbocycles. The van der Waals surface area contributed by atoms with E-state index in [0.717, 1.165) is 0 Å². The number of aromatic amines is 1. The second-order valence-electron chi connectivity index (χ2n) is 2.47. The van der Waals surface area contributed by atoms with E-state index in [2.05, 4.69) is 4.98 Å². The van der Waals surface area contributed by atoms with E-state index in [0.29, 0.717) is 10.5 Å². The van der Waals surface area contributed by atoms with Crippen LogP contribution in [0.15, 0.2) is 10.9 Å². The minimum Gasteiger partial charge on any atom is -0.299 e. The highest BCUT2D eigenvalue weighted by molar-refractivity contribution is 7.71. The molecule has 5 nitrogen and oxygen atoms in total. The highest BCUT2D eigenvalue weighted by Crippen LogP contribution is 2.00. The van der Waals surface area contributed by atoms with E-state index in [-0.39, 0.29) is 5.69 Å². The molecule has 0 aliphatic rings. The van der Waals surface area contributed by atoms with Gasteiger partial charge in [0, 0.05) is 20.2 Å². The molecule has 0 radical (unpaired) electrons. The van der Waals surface area contributed by atoms with Crippen LogP contribution >= 0.6 is 12.2 Å². The van der Waals surface area contributed by atoms with Gasteiger partial charge in [0.25, 0.3) is 0 Å². The maximum Gasteiger partial charge on any atom is 0.327 e. The molecule has 1 aromatic rings. The maximum absolute atomic E-state index is 11.1. The zero-order chi connectivity index (χ0) is 9.30. The lowest BCUT2D eigenvalue weighted by atomic mass is 10.5. The Bertz CT molecular complexity index is 360. The SMILES string of the molecule is CN(N)c1cc(=S)n(C)c(=O)[nH]1. The van der Waals surface area contributed by atoms with Crippen LogP contribution in [0.3, 0.4) is 0 Å². The van der Waals surface area contributed by atoms with E-state index < -0.39 is 0 Å². The van der Waals surface area contributed by atoms with E-state index >= 15 is 0 Å². The van der Waals surface area contributed by atoms with Crippen LogP contribution in [0.25, 0.3) is 0 Å². The molecule has 1 aromatic heterocycles. The minimum atomic E-state index is -0.269. The first kappa shape index (κ1) is 8.95. The zero-order valence-electron chi connectivity index (χ0n) is 6.87. The number of anilines is 1. The molecule has 12 heavy (non-hydrogen) atoms. The molecule has 66 valence electrons. The van der Waals surface area contributed by atoms with E-state index in [9.17, 15) is 4.79 Å². The quantitative estimate of drug-likeness (QED) is 0.360. The molecule has 1 rings (SSSR count). The van der Waals surface area contributed by atoms with Crippen molar-refractivity contribution in [2.75, 3.05) is 12.1 Å². The molecule has 0 bridgehead atoms. The minimum absolute atomic E-state index is 0.269. The van der Waals surface area contributed by atoms with Crippen LogP contribution in [-0.2, 0) is 7.05 Å². The first-order valence-electron chi connectivity index (χ1n) is 3.31. The smallest absolute Gasteiger partial charge is 0.299 e. The largest absolute Gasteiger partial charge is 0.327 e. The van der Waals surface area contributed by atoms with Crippen LogP contribution in [0.4, 0.5) is 5.82 Å². The van der Waals surface area contributed by atoms with Gasteiger partial charge in [0.05, 0.1) is 0 Å². The van der Waals surface area contributed by atoms with Crippen LogP contribution in [0.5, 0.6) is 0 Å². The van der Waals surface area contributed by atoms with Gasteiger partial charge in [-0.25, -0.2) is 10.6 Å². The third-order valence-electron chi connectivity index (χ3n) is 1.51. The lowest BCUT2D eigenvalue weighted by Gasteiger charge is -2.11. The molecule has 0 spiro atoms. The Hall–Kier alpha value is -1.14. The van der Waals surface area contributed by atoms with Crippen LogP contribution in [0, 0.1) is 4.64 Å². The number of aromatic nitrogens is 2. The lowest BCUT2D eigenvalue weighted by Crippen LogP contribution is -2.30. The van der Waals surface area contributed by atoms with Gasteiger partial charge in [-0.1, -0.05) is 12.2 Å². The summed E-state index contributed by atoms with van der Waals surface area (Å²) in [7, 11) is 3.22. The summed E-state index contributed by atoms with van der Waals surface area (Å²) in [5, 5.41) is 1.30. The fraction of sp³-hybridized carbons (Fsp3) is 0.333. The van der Waals surface area contributed by atoms with Crippen LogP contribution in [-0.4, -0.2) is 16.6 Å². The van der Waals surface area contributed by atoms with Crippen molar-refractivity contribution in [3.63, 3.8) is 0 Å². The number of hydrogen-bond acceptors (Lipinski definition) is 4. The average Bonchev–Trinajstić information content (AvgIpc) is 1.99. The number of nitrogens with zero attached hydrogens (tertiary/aromatic N) is 2. The molecule has 0 saturated heterocycles. The van der Waals surface area contributed by atoms with Crippen molar-refractivity contribution in [3.8, 4) is 0 Å².